The molecule has 0 saturated heterocycles. The van der Waals surface area contributed by atoms with Crippen LogP contribution >= 0.6 is 22.6 Å². The van der Waals surface area contributed by atoms with Crippen LogP contribution in [0.2, 0.25) is 0 Å². The number of hydrogen-bond donors (Lipinski definition) is 1. The van der Waals surface area contributed by atoms with Crippen LogP contribution in [0.15, 0.2) is 30.5 Å². The maximum absolute atomic E-state index is 5.46. The monoisotopic (exact) mass is 328 g/mol. The van der Waals surface area contributed by atoms with Gasteiger partial charge in [0.15, 0.2) is 0 Å². The molecule has 0 aliphatic heterocycles. The molecule has 0 amide bonds. The van der Waals surface area contributed by atoms with Gasteiger partial charge in [0, 0.05) is 3.57 Å². The van der Waals surface area contributed by atoms with Crippen LogP contribution in [0, 0.1) is 3.57 Å². The molecule has 0 fully saturated rings. The summed E-state index contributed by atoms with van der Waals surface area (Å²) in [5.74, 6) is 0. The Balaban J connectivity index is 2.15. The second kappa shape index (κ2) is 5.40. The lowest BCUT2D eigenvalue weighted by Crippen LogP contribution is -2.00. The normalized spacial score (nSPS) is 10.6. The van der Waals surface area contributed by atoms with Crippen LogP contribution in [0.5, 0.6) is 0 Å². The number of rotatable bonds is 4. The van der Waals surface area contributed by atoms with E-state index in [1.807, 2.05) is 18.3 Å². The molecule has 2 aromatic rings. The van der Waals surface area contributed by atoms with Gasteiger partial charge in [-0.2, -0.15) is 0 Å². The number of benzene rings is 1. The molecule has 2 N–H and O–H groups in total. The highest BCUT2D eigenvalue weighted by molar-refractivity contribution is 14.1. The van der Waals surface area contributed by atoms with Crippen molar-refractivity contribution in [3.8, 4) is 5.69 Å². The second-order valence-electron chi connectivity index (χ2n) is 3.52. The maximum Gasteiger partial charge on any atom is 0.0832 e. The van der Waals surface area contributed by atoms with Crippen LogP contribution in [-0.2, 0) is 6.42 Å². The van der Waals surface area contributed by atoms with Gasteiger partial charge >= 0.3 is 0 Å². The average Bonchev–Trinajstić information content (AvgIpc) is 2.76. The van der Waals surface area contributed by atoms with Crippen LogP contribution < -0.4 is 5.73 Å². The molecule has 1 aromatic carbocycles. The predicted octanol–water partition coefficient (Wildman–Crippen LogP) is 1.76. The Morgan fingerprint density at radius 3 is 2.69 bits per heavy atom. The van der Waals surface area contributed by atoms with Gasteiger partial charge in [-0.1, -0.05) is 5.21 Å². The third-order valence-electron chi connectivity index (χ3n) is 2.27. The van der Waals surface area contributed by atoms with E-state index in [2.05, 4.69) is 45.0 Å². The highest BCUT2D eigenvalue weighted by Crippen LogP contribution is 2.10. The number of aryl methyl sites for hydroxylation is 1. The van der Waals surface area contributed by atoms with E-state index >= 15 is 0 Å². The molecule has 0 unspecified atom stereocenters. The minimum Gasteiger partial charge on any atom is -0.330 e. The van der Waals surface area contributed by atoms with Gasteiger partial charge in [-0.05, 0) is 66.2 Å². The highest BCUT2D eigenvalue weighted by Gasteiger charge is 2.01. The van der Waals surface area contributed by atoms with E-state index in [1.165, 1.54) is 3.57 Å². The van der Waals surface area contributed by atoms with Crippen molar-refractivity contribution in [1.82, 2.24) is 15.0 Å². The summed E-state index contributed by atoms with van der Waals surface area (Å²) in [7, 11) is 0. The summed E-state index contributed by atoms with van der Waals surface area (Å²) in [6, 6.07) is 8.17. The molecule has 0 aliphatic rings. The molecule has 0 saturated carbocycles. The smallest absolute Gasteiger partial charge is 0.0832 e. The molecule has 1 aromatic heterocycles. The van der Waals surface area contributed by atoms with Crippen molar-refractivity contribution in [2.24, 2.45) is 5.73 Å². The molecule has 0 aliphatic carbocycles. The fourth-order valence-corrected chi connectivity index (χ4v) is 1.78. The lowest BCUT2D eigenvalue weighted by molar-refractivity contribution is 0.779. The molecule has 84 valence electrons. The topological polar surface area (TPSA) is 56.7 Å². The number of halogens is 1. The predicted molar refractivity (Wildman–Crippen MR) is 71.5 cm³/mol. The summed E-state index contributed by atoms with van der Waals surface area (Å²) in [6.07, 6.45) is 3.80. The lowest BCUT2D eigenvalue weighted by Gasteiger charge is -1.98. The first-order chi connectivity index (χ1) is 7.79. The van der Waals surface area contributed by atoms with Crippen LogP contribution in [0.3, 0.4) is 0 Å². The van der Waals surface area contributed by atoms with Crippen molar-refractivity contribution in [3.05, 3.63) is 39.7 Å². The van der Waals surface area contributed by atoms with E-state index < -0.39 is 0 Å². The van der Waals surface area contributed by atoms with Crippen LogP contribution in [-0.4, -0.2) is 21.5 Å². The lowest BCUT2D eigenvalue weighted by atomic mass is 10.2. The van der Waals surface area contributed by atoms with Gasteiger partial charge in [0.2, 0.25) is 0 Å². The van der Waals surface area contributed by atoms with E-state index in [1.54, 1.807) is 4.68 Å². The Labute approximate surface area is 108 Å². The zero-order valence-electron chi connectivity index (χ0n) is 8.81. The number of hydrogen-bond acceptors (Lipinski definition) is 3. The maximum atomic E-state index is 5.46. The van der Waals surface area contributed by atoms with Gasteiger partial charge in [-0.15, -0.1) is 5.10 Å². The summed E-state index contributed by atoms with van der Waals surface area (Å²) in [6.45, 7) is 0.691. The minimum absolute atomic E-state index is 0.691. The van der Waals surface area contributed by atoms with Crippen LogP contribution in [0.1, 0.15) is 12.1 Å². The first-order valence-electron chi connectivity index (χ1n) is 5.17. The zero-order chi connectivity index (χ0) is 11.4. The van der Waals surface area contributed by atoms with Gasteiger partial charge in [0.1, 0.15) is 0 Å². The van der Waals surface area contributed by atoms with Crippen molar-refractivity contribution >= 4 is 22.6 Å². The Bertz CT molecular complexity index is 449. The molecule has 5 heteroatoms. The molecule has 1 heterocycles. The quantitative estimate of drug-likeness (QED) is 0.870. The van der Waals surface area contributed by atoms with E-state index in [9.17, 15) is 0 Å². The summed E-state index contributed by atoms with van der Waals surface area (Å²) in [5.41, 5.74) is 7.48. The van der Waals surface area contributed by atoms with E-state index in [-0.39, 0.29) is 0 Å². The molecule has 0 atom stereocenters. The largest absolute Gasteiger partial charge is 0.330 e. The van der Waals surface area contributed by atoms with Crippen molar-refractivity contribution < 1.29 is 0 Å². The van der Waals surface area contributed by atoms with E-state index in [0.29, 0.717) is 6.54 Å². The molecular formula is C11H13IN4. The molecule has 2 rings (SSSR count). The number of nitrogens with zero attached hydrogens (tertiary/aromatic N) is 3. The molecule has 4 nitrogen and oxygen atoms in total. The summed E-state index contributed by atoms with van der Waals surface area (Å²) in [4.78, 5) is 0. The van der Waals surface area contributed by atoms with Gasteiger partial charge in [-0.3, -0.25) is 0 Å². The summed E-state index contributed by atoms with van der Waals surface area (Å²) >= 11 is 2.28. The minimum atomic E-state index is 0.691. The highest BCUT2D eigenvalue weighted by atomic mass is 127. The third-order valence-corrected chi connectivity index (χ3v) is 2.99. The molecule has 16 heavy (non-hydrogen) atoms. The Morgan fingerprint density at radius 2 is 2.00 bits per heavy atom. The number of nitrogens with two attached hydrogens (primary N) is 1. The average molecular weight is 328 g/mol. The van der Waals surface area contributed by atoms with Crippen molar-refractivity contribution in [2.45, 2.75) is 12.8 Å². The third kappa shape index (κ3) is 2.79. The first-order valence-corrected chi connectivity index (χ1v) is 6.24. The summed E-state index contributed by atoms with van der Waals surface area (Å²) < 4.78 is 3.01. The van der Waals surface area contributed by atoms with E-state index in [0.717, 1.165) is 24.2 Å². The van der Waals surface area contributed by atoms with Crippen molar-refractivity contribution in [1.29, 1.82) is 0 Å². The summed E-state index contributed by atoms with van der Waals surface area (Å²) in [5, 5.41) is 8.20. The van der Waals surface area contributed by atoms with E-state index in [4.69, 9.17) is 5.73 Å². The van der Waals surface area contributed by atoms with Gasteiger partial charge < -0.3 is 5.73 Å². The second-order valence-corrected chi connectivity index (χ2v) is 4.77. The Hall–Kier alpha value is -0.950. The molecule has 0 spiro atoms. The fraction of sp³-hybridized carbons (Fsp3) is 0.273. The van der Waals surface area contributed by atoms with Crippen LogP contribution in [0.4, 0.5) is 0 Å². The molecule has 0 bridgehead atoms. The van der Waals surface area contributed by atoms with Crippen molar-refractivity contribution in [3.63, 3.8) is 0 Å². The Morgan fingerprint density at radius 1 is 1.25 bits per heavy atom. The molecule has 0 radical (unpaired) electrons. The van der Waals surface area contributed by atoms with Gasteiger partial charge in [0.05, 0.1) is 17.6 Å². The van der Waals surface area contributed by atoms with Gasteiger partial charge in [0.25, 0.3) is 0 Å². The number of aromatic nitrogens is 3. The SMILES string of the molecule is NCCCc1cn(-c2ccc(I)cc2)nn1. The zero-order valence-corrected chi connectivity index (χ0v) is 11.0. The van der Waals surface area contributed by atoms with Gasteiger partial charge in [-0.25, -0.2) is 4.68 Å². The standard InChI is InChI=1S/C11H13IN4/c12-9-3-5-11(6-4-9)16-8-10(14-15-16)2-1-7-13/h3-6,8H,1-2,7,13H2. The van der Waals surface area contributed by atoms with Crippen molar-refractivity contribution in [2.75, 3.05) is 6.54 Å². The van der Waals surface area contributed by atoms with Crippen LogP contribution in [0.25, 0.3) is 5.69 Å². The Kier molecular flexibility index (Phi) is 3.89. The first kappa shape index (κ1) is 11.5. The molecular weight excluding hydrogens is 315 g/mol. The fourth-order valence-electron chi connectivity index (χ4n) is 1.42.